The first-order valence-electron chi connectivity index (χ1n) is 8.95. The fourth-order valence-corrected chi connectivity index (χ4v) is 3.16. The minimum Gasteiger partial charge on any atom is -0.462 e. The maximum atomic E-state index is 12.5. The van der Waals surface area contributed by atoms with E-state index < -0.39 is 21.9 Å². The van der Waals surface area contributed by atoms with Crippen molar-refractivity contribution in [1.29, 1.82) is 0 Å². The Morgan fingerprint density at radius 1 is 1.10 bits per heavy atom. The van der Waals surface area contributed by atoms with Crippen molar-refractivity contribution in [3.8, 4) is 0 Å². The van der Waals surface area contributed by atoms with E-state index in [0.29, 0.717) is 17.9 Å². The summed E-state index contributed by atoms with van der Waals surface area (Å²) in [6.07, 6.45) is 2.78. The summed E-state index contributed by atoms with van der Waals surface area (Å²) in [6, 6.07) is 10.7. The molecule has 0 bridgehead atoms. The number of hydrogen-bond donors (Lipinski definition) is 1. The van der Waals surface area contributed by atoms with Crippen LogP contribution in [0.1, 0.15) is 40.5 Å². The molecule has 0 aliphatic rings. The van der Waals surface area contributed by atoms with Crippen molar-refractivity contribution in [2.75, 3.05) is 29.5 Å². The maximum absolute atomic E-state index is 12.5. The number of halogens is 1. The molecule has 2 rings (SSSR count). The van der Waals surface area contributed by atoms with Crippen molar-refractivity contribution in [2.45, 2.75) is 19.8 Å². The molecule has 2 aromatic rings. The van der Waals surface area contributed by atoms with Gasteiger partial charge in [-0.15, -0.1) is 0 Å². The minimum absolute atomic E-state index is 0.201. The number of carbonyl (C=O) groups excluding carboxylic acids is 2. The molecular weight excluding hydrogens is 416 g/mol. The van der Waals surface area contributed by atoms with E-state index in [-0.39, 0.29) is 16.3 Å². The topological polar surface area (TPSA) is 92.8 Å². The third-order valence-electron chi connectivity index (χ3n) is 4.15. The van der Waals surface area contributed by atoms with Crippen molar-refractivity contribution < 1.29 is 22.7 Å². The predicted molar refractivity (Wildman–Crippen MR) is 114 cm³/mol. The van der Waals surface area contributed by atoms with Crippen LogP contribution in [-0.4, -0.2) is 40.2 Å². The maximum Gasteiger partial charge on any atom is 0.338 e. The zero-order valence-electron chi connectivity index (χ0n) is 16.4. The zero-order chi connectivity index (χ0) is 21.6. The number of benzene rings is 2. The number of ether oxygens (including phenoxy) is 1. The predicted octanol–water partition coefficient (Wildman–Crippen LogP) is 3.95. The molecule has 0 heterocycles. The Hall–Kier alpha value is -2.58. The van der Waals surface area contributed by atoms with Crippen LogP contribution in [0, 0.1) is 0 Å². The molecule has 0 fully saturated rings. The number of nitrogens with zero attached hydrogens (tertiary/aromatic N) is 1. The van der Waals surface area contributed by atoms with E-state index in [0.717, 1.165) is 23.4 Å². The van der Waals surface area contributed by atoms with Crippen molar-refractivity contribution in [3.63, 3.8) is 0 Å². The highest BCUT2D eigenvalue weighted by Crippen LogP contribution is 2.28. The second-order valence-corrected chi connectivity index (χ2v) is 8.84. The smallest absolute Gasteiger partial charge is 0.338 e. The highest BCUT2D eigenvalue weighted by Gasteiger charge is 2.18. The number of sulfonamides is 1. The number of unbranched alkanes of at least 4 members (excludes halogenated alkanes) is 1. The van der Waals surface area contributed by atoms with Gasteiger partial charge in [-0.1, -0.05) is 24.9 Å². The molecular formula is C20H23ClN2O5S. The summed E-state index contributed by atoms with van der Waals surface area (Å²) in [5.74, 6) is -0.856. The lowest BCUT2D eigenvalue weighted by Gasteiger charge is -2.18. The van der Waals surface area contributed by atoms with Gasteiger partial charge in [0.1, 0.15) is 0 Å². The second kappa shape index (κ2) is 9.76. The molecule has 0 aromatic heterocycles. The normalized spacial score (nSPS) is 11.0. The van der Waals surface area contributed by atoms with E-state index in [1.807, 2.05) is 6.92 Å². The SMILES string of the molecule is CCCCOC(=O)c1ccc(NC(=O)c2ccc(Cl)c(N(C)S(C)(=O)=O)c2)cc1. The lowest BCUT2D eigenvalue weighted by molar-refractivity contribution is 0.0499. The van der Waals surface area contributed by atoms with Gasteiger partial charge in [0, 0.05) is 18.3 Å². The summed E-state index contributed by atoms with van der Waals surface area (Å²) >= 11 is 6.07. The van der Waals surface area contributed by atoms with Crippen molar-refractivity contribution in [3.05, 3.63) is 58.6 Å². The Morgan fingerprint density at radius 3 is 2.31 bits per heavy atom. The lowest BCUT2D eigenvalue weighted by atomic mass is 10.1. The van der Waals surface area contributed by atoms with Gasteiger partial charge in [0.25, 0.3) is 5.91 Å². The van der Waals surface area contributed by atoms with Gasteiger partial charge in [-0.2, -0.15) is 0 Å². The number of nitrogens with one attached hydrogen (secondary N) is 1. The van der Waals surface area contributed by atoms with Gasteiger partial charge in [0.2, 0.25) is 10.0 Å². The highest BCUT2D eigenvalue weighted by molar-refractivity contribution is 7.92. The largest absolute Gasteiger partial charge is 0.462 e. The average Bonchev–Trinajstić information content (AvgIpc) is 2.67. The van der Waals surface area contributed by atoms with E-state index in [2.05, 4.69) is 5.32 Å². The fraction of sp³-hybridized carbons (Fsp3) is 0.300. The number of esters is 1. The van der Waals surface area contributed by atoms with Crippen LogP contribution < -0.4 is 9.62 Å². The van der Waals surface area contributed by atoms with Crippen LogP contribution in [-0.2, 0) is 14.8 Å². The van der Waals surface area contributed by atoms with E-state index in [4.69, 9.17) is 16.3 Å². The molecule has 0 atom stereocenters. The molecule has 156 valence electrons. The summed E-state index contributed by atoms with van der Waals surface area (Å²) in [5.41, 5.74) is 1.31. The van der Waals surface area contributed by atoms with Crippen molar-refractivity contribution >= 4 is 44.9 Å². The number of hydrogen-bond acceptors (Lipinski definition) is 5. The molecule has 0 spiro atoms. The Labute approximate surface area is 175 Å². The van der Waals surface area contributed by atoms with E-state index >= 15 is 0 Å². The molecule has 7 nitrogen and oxygen atoms in total. The van der Waals surface area contributed by atoms with Gasteiger partial charge < -0.3 is 10.1 Å². The molecule has 0 saturated carbocycles. The van der Waals surface area contributed by atoms with Gasteiger partial charge in [-0.05, 0) is 48.9 Å². The Morgan fingerprint density at radius 2 is 1.72 bits per heavy atom. The molecule has 0 aliphatic heterocycles. The molecule has 0 saturated heterocycles. The van der Waals surface area contributed by atoms with E-state index in [1.165, 1.54) is 25.2 Å². The monoisotopic (exact) mass is 438 g/mol. The Balaban J connectivity index is 2.11. The first-order valence-corrected chi connectivity index (χ1v) is 11.2. The van der Waals surface area contributed by atoms with E-state index in [1.54, 1.807) is 24.3 Å². The average molecular weight is 439 g/mol. The minimum atomic E-state index is -3.53. The molecule has 9 heteroatoms. The summed E-state index contributed by atoms with van der Waals surface area (Å²) in [6.45, 7) is 2.38. The van der Waals surface area contributed by atoms with Gasteiger partial charge in [-0.25, -0.2) is 13.2 Å². The molecule has 1 amide bonds. The van der Waals surface area contributed by atoms with Crippen LogP contribution in [0.15, 0.2) is 42.5 Å². The molecule has 2 aromatic carbocycles. The molecule has 29 heavy (non-hydrogen) atoms. The van der Waals surface area contributed by atoms with Gasteiger partial charge in [0.05, 0.1) is 29.1 Å². The third kappa shape index (κ3) is 6.20. The van der Waals surface area contributed by atoms with E-state index in [9.17, 15) is 18.0 Å². The van der Waals surface area contributed by atoms with Gasteiger partial charge >= 0.3 is 5.97 Å². The molecule has 0 unspecified atom stereocenters. The molecule has 0 aliphatic carbocycles. The number of amides is 1. The zero-order valence-corrected chi connectivity index (χ0v) is 18.0. The first-order chi connectivity index (χ1) is 13.6. The summed E-state index contributed by atoms with van der Waals surface area (Å²) in [4.78, 5) is 24.4. The van der Waals surface area contributed by atoms with Crippen LogP contribution in [0.5, 0.6) is 0 Å². The van der Waals surface area contributed by atoms with Crippen LogP contribution >= 0.6 is 11.6 Å². The van der Waals surface area contributed by atoms with Crippen molar-refractivity contribution in [2.24, 2.45) is 0 Å². The molecule has 1 N–H and O–H groups in total. The Bertz CT molecular complexity index is 990. The van der Waals surface area contributed by atoms with Crippen LogP contribution in [0.2, 0.25) is 5.02 Å². The Kier molecular flexibility index (Phi) is 7.64. The number of anilines is 2. The lowest BCUT2D eigenvalue weighted by Crippen LogP contribution is -2.25. The summed E-state index contributed by atoms with van der Waals surface area (Å²) < 4.78 is 29.7. The van der Waals surface area contributed by atoms with Crippen LogP contribution in [0.4, 0.5) is 11.4 Å². The standard InChI is InChI=1S/C20H23ClN2O5S/c1-4-5-12-28-20(25)14-6-9-16(10-7-14)22-19(24)15-8-11-17(21)18(13-15)23(2)29(3,26)27/h6-11,13H,4-5,12H2,1-3H3,(H,22,24). The van der Waals surface area contributed by atoms with Gasteiger partial charge in [0.15, 0.2) is 0 Å². The molecule has 0 radical (unpaired) electrons. The summed E-state index contributed by atoms with van der Waals surface area (Å²) in [5, 5.41) is 2.91. The summed E-state index contributed by atoms with van der Waals surface area (Å²) in [7, 11) is -2.17. The number of rotatable bonds is 8. The quantitative estimate of drug-likeness (QED) is 0.497. The van der Waals surface area contributed by atoms with Crippen LogP contribution in [0.25, 0.3) is 0 Å². The number of carbonyl (C=O) groups is 2. The second-order valence-electron chi connectivity index (χ2n) is 6.42. The highest BCUT2D eigenvalue weighted by atomic mass is 35.5. The third-order valence-corrected chi connectivity index (χ3v) is 5.67. The van der Waals surface area contributed by atoms with Gasteiger partial charge in [-0.3, -0.25) is 9.10 Å². The van der Waals surface area contributed by atoms with Crippen LogP contribution in [0.3, 0.4) is 0 Å². The van der Waals surface area contributed by atoms with Crippen molar-refractivity contribution in [1.82, 2.24) is 0 Å². The first kappa shape index (κ1) is 22.7. The fourth-order valence-electron chi connectivity index (χ4n) is 2.36.